The molecule has 1 aliphatic rings. The summed E-state index contributed by atoms with van der Waals surface area (Å²) in [5, 5.41) is 4.42. The molecule has 1 aliphatic carbocycles. The molecule has 2 nitrogen and oxygen atoms in total. The Balaban J connectivity index is 2.26. The first-order valence-electron chi connectivity index (χ1n) is 5.44. The van der Waals surface area contributed by atoms with Gasteiger partial charge >= 0.3 is 0 Å². The Morgan fingerprint density at radius 3 is 3.00 bits per heavy atom. The summed E-state index contributed by atoms with van der Waals surface area (Å²) in [5.41, 5.74) is 1.35. The van der Waals surface area contributed by atoms with Crippen molar-refractivity contribution in [2.24, 2.45) is 5.92 Å². The molecule has 1 aromatic rings. The lowest BCUT2D eigenvalue weighted by Crippen LogP contribution is -2.13. The zero-order valence-corrected chi connectivity index (χ0v) is 9.95. The van der Waals surface area contributed by atoms with Crippen LogP contribution in [0.1, 0.15) is 43.7 Å². The van der Waals surface area contributed by atoms with Gasteiger partial charge in [0.25, 0.3) is 0 Å². The van der Waals surface area contributed by atoms with Gasteiger partial charge in [-0.15, -0.1) is 11.3 Å². The Morgan fingerprint density at radius 1 is 1.50 bits per heavy atom. The Morgan fingerprint density at radius 2 is 2.29 bits per heavy atom. The highest BCUT2D eigenvalue weighted by Gasteiger charge is 2.25. The van der Waals surface area contributed by atoms with Crippen molar-refractivity contribution in [3.63, 3.8) is 0 Å². The molecule has 78 valence electrons. The lowest BCUT2D eigenvalue weighted by atomic mass is 9.85. The average molecular weight is 210 g/mol. The number of aromatic nitrogens is 1. The number of anilines is 1. The maximum atomic E-state index is 4.66. The van der Waals surface area contributed by atoms with Crippen LogP contribution in [0.15, 0.2) is 0 Å². The number of thiazole rings is 1. The monoisotopic (exact) mass is 210 g/mol. The van der Waals surface area contributed by atoms with Crippen LogP contribution in [-0.4, -0.2) is 11.5 Å². The summed E-state index contributed by atoms with van der Waals surface area (Å²) >= 11 is 1.85. The van der Waals surface area contributed by atoms with Crippen molar-refractivity contribution in [3.05, 3.63) is 10.6 Å². The molecule has 0 saturated carbocycles. The second-order valence-corrected chi connectivity index (χ2v) is 5.39. The van der Waals surface area contributed by atoms with Crippen LogP contribution in [-0.2, 0) is 6.42 Å². The van der Waals surface area contributed by atoms with E-state index in [1.165, 1.54) is 23.4 Å². The molecule has 1 aromatic heterocycles. The van der Waals surface area contributed by atoms with Gasteiger partial charge in [-0.1, -0.05) is 13.8 Å². The molecule has 1 heterocycles. The summed E-state index contributed by atoms with van der Waals surface area (Å²) in [6.45, 7) is 7.72. The van der Waals surface area contributed by atoms with Crippen LogP contribution < -0.4 is 5.32 Å². The molecule has 0 spiro atoms. The number of rotatable bonds is 2. The van der Waals surface area contributed by atoms with Crippen molar-refractivity contribution < 1.29 is 0 Å². The third-order valence-corrected chi connectivity index (χ3v) is 3.86. The fourth-order valence-corrected chi connectivity index (χ4v) is 3.55. The van der Waals surface area contributed by atoms with Gasteiger partial charge in [0.1, 0.15) is 0 Å². The standard InChI is InChI=1S/C11H18N2S/c1-4-12-11-13-10-8(3)5-7(2)6-9(10)14-11/h7-8H,4-6H2,1-3H3,(H,12,13). The van der Waals surface area contributed by atoms with Gasteiger partial charge in [-0.2, -0.15) is 0 Å². The van der Waals surface area contributed by atoms with Crippen LogP contribution in [0.2, 0.25) is 0 Å². The van der Waals surface area contributed by atoms with Gasteiger partial charge in [0, 0.05) is 11.4 Å². The van der Waals surface area contributed by atoms with Gasteiger partial charge in [0.15, 0.2) is 5.13 Å². The number of nitrogens with one attached hydrogen (secondary N) is 1. The minimum atomic E-state index is 0.650. The molecule has 0 amide bonds. The summed E-state index contributed by atoms with van der Waals surface area (Å²) in [4.78, 5) is 6.17. The predicted molar refractivity (Wildman–Crippen MR) is 62.2 cm³/mol. The van der Waals surface area contributed by atoms with Crippen LogP contribution in [0.25, 0.3) is 0 Å². The average Bonchev–Trinajstić information content (AvgIpc) is 2.48. The molecule has 2 rings (SSSR count). The van der Waals surface area contributed by atoms with Gasteiger partial charge in [-0.05, 0) is 31.6 Å². The van der Waals surface area contributed by atoms with E-state index in [-0.39, 0.29) is 0 Å². The summed E-state index contributed by atoms with van der Waals surface area (Å²) in [6.07, 6.45) is 2.52. The molecule has 2 atom stereocenters. The molecule has 0 aliphatic heterocycles. The van der Waals surface area contributed by atoms with Crippen LogP contribution >= 0.6 is 11.3 Å². The molecular weight excluding hydrogens is 192 g/mol. The van der Waals surface area contributed by atoms with E-state index < -0.39 is 0 Å². The SMILES string of the molecule is CCNc1nc2c(s1)CC(C)CC2C. The fourth-order valence-electron chi connectivity index (χ4n) is 2.24. The molecular formula is C11H18N2S. The number of hydrogen-bond donors (Lipinski definition) is 1. The molecule has 0 radical (unpaired) electrons. The second kappa shape index (κ2) is 3.89. The fraction of sp³-hybridized carbons (Fsp3) is 0.727. The van der Waals surface area contributed by atoms with E-state index in [0.717, 1.165) is 17.6 Å². The van der Waals surface area contributed by atoms with Gasteiger partial charge in [-0.25, -0.2) is 4.98 Å². The third-order valence-electron chi connectivity index (χ3n) is 2.81. The topological polar surface area (TPSA) is 24.9 Å². The number of hydrogen-bond acceptors (Lipinski definition) is 3. The predicted octanol–water partition coefficient (Wildman–Crippen LogP) is 3.26. The minimum Gasteiger partial charge on any atom is -0.362 e. The van der Waals surface area contributed by atoms with Crippen molar-refractivity contribution in [2.75, 3.05) is 11.9 Å². The van der Waals surface area contributed by atoms with Crippen LogP contribution in [0.3, 0.4) is 0 Å². The highest BCUT2D eigenvalue weighted by atomic mass is 32.1. The summed E-state index contributed by atoms with van der Waals surface area (Å²) in [5.74, 6) is 1.48. The molecule has 0 saturated heterocycles. The molecule has 0 bridgehead atoms. The highest BCUT2D eigenvalue weighted by molar-refractivity contribution is 7.15. The van der Waals surface area contributed by atoms with Gasteiger partial charge in [0.2, 0.25) is 0 Å². The first-order valence-corrected chi connectivity index (χ1v) is 6.25. The van der Waals surface area contributed by atoms with Crippen molar-refractivity contribution in [2.45, 2.75) is 39.5 Å². The van der Waals surface area contributed by atoms with Gasteiger partial charge in [0.05, 0.1) is 5.69 Å². The van der Waals surface area contributed by atoms with E-state index in [2.05, 4.69) is 31.1 Å². The van der Waals surface area contributed by atoms with E-state index in [4.69, 9.17) is 0 Å². The highest BCUT2D eigenvalue weighted by Crippen LogP contribution is 2.38. The van der Waals surface area contributed by atoms with Crippen molar-refractivity contribution in [1.82, 2.24) is 4.98 Å². The molecule has 1 N–H and O–H groups in total. The smallest absolute Gasteiger partial charge is 0.183 e. The van der Waals surface area contributed by atoms with E-state index in [9.17, 15) is 0 Å². The Labute approximate surface area is 89.8 Å². The first kappa shape index (κ1) is 9.97. The first-order chi connectivity index (χ1) is 6.70. The molecule has 0 aromatic carbocycles. The van der Waals surface area contributed by atoms with E-state index in [1.54, 1.807) is 0 Å². The molecule has 3 heteroatoms. The lowest BCUT2D eigenvalue weighted by molar-refractivity contribution is 0.448. The number of fused-ring (bicyclic) bond motifs is 1. The number of nitrogens with zero attached hydrogens (tertiary/aromatic N) is 1. The van der Waals surface area contributed by atoms with Crippen LogP contribution in [0, 0.1) is 5.92 Å². The zero-order chi connectivity index (χ0) is 10.1. The normalized spacial score (nSPS) is 25.9. The van der Waals surface area contributed by atoms with E-state index >= 15 is 0 Å². The maximum absolute atomic E-state index is 4.66. The van der Waals surface area contributed by atoms with Gasteiger partial charge < -0.3 is 5.32 Å². The van der Waals surface area contributed by atoms with Gasteiger partial charge in [-0.3, -0.25) is 0 Å². The largest absolute Gasteiger partial charge is 0.362 e. The summed E-state index contributed by atoms with van der Waals surface area (Å²) in [7, 11) is 0. The summed E-state index contributed by atoms with van der Waals surface area (Å²) in [6, 6.07) is 0. The Kier molecular flexibility index (Phi) is 2.77. The summed E-state index contributed by atoms with van der Waals surface area (Å²) < 4.78 is 0. The van der Waals surface area contributed by atoms with Crippen molar-refractivity contribution in [3.8, 4) is 0 Å². The Hall–Kier alpha value is -0.570. The second-order valence-electron chi connectivity index (χ2n) is 4.30. The minimum absolute atomic E-state index is 0.650. The van der Waals surface area contributed by atoms with E-state index in [1.807, 2.05) is 11.3 Å². The maximum Gasteiger partial charge on any atom is 0.183 e. The molecule has 2 unspecified atom stereocenters. The van der Waals surface area contributed by atoms with Crippen molar-refractivity contribution in [1.29, 1.82) is 0 Å². The van der Waals surface area contributed by atoms with Crippen LogP contribution in [0.4, 0.5) is 5.13 Å². The zero-order valence-electron chi connectivity index (χ0n) is 9.13. The Bertz CT molecular complexity index is 319. The van der Waals surface area contributed by atoms with E-state index in [0.29, 0.717) is 5.92 Å². The lowest BCUT2D eigenvalue weighted by Gasteiger charge is -2.22. The quantitative estimate of drug-likeness (QED) is 0.810. The van der Waals surface area contributed by atoms with Crippen LogP contribution in [0.5, 0.6) is 0 Å². The molecule has 0 fully saturated rings. The van der Waals surface area contributed by atoms with Crippen molar-refractivity contribution >= 4 is 16.5 Å². The molecule has 14 heavy (non-hydrogen) atoms. The third kappa shape index (κ3) is 1.78.